The fourth-order valence-electron chi connectivity index (χ4n) is 2.44. The third kappa shape index (κ3) is 3.75. The fourth-order valence-corrected chi connectivity index (χ4v) is 2.44. The summed E-state index contributed by atoms with van der Waals surface area (Å²) in [5, 5.41) is 0. The largest absolute Gasteiger partial charge is 0.493 e. The number of hydrogen-bond acceptors (Lipinski definition) is 4. The lowest BCUT2D eigenvalue weighted by Crippen LogP contribution is -2.26. The predicted octanol–water partition coefficient (Wildman–Crippen LogP) is 1.97. The van der Waals surface area contributed by atoms with Gasteiger partial charge in [-0.1, -0.05) is 0 Å². The first-order valence-electron chi connectivity index (χ1n) is 6.33. The van der Waals surface area contributed by atoms with Gasteiger partial charge >= 0.3 is 0 Å². The zero-order valence-corrected chi connectivity index (χ0v) is 12.6. The van der Waals surface area contributed by atoms with Crippen LogP contribution in [0.2, 0.25) is 0 Å². The summed E-state index contributed by atoms with van der Waals surface area (Å²) in [6.45, 7) is 5.09. The van der Waals surface area contributed by atoms with E-state index >= 15 is 0 Å². The van der Waals surface area contributed by atoms with Crippen LogP contribution in [0.3, 0.4) is 0 Å². The lowest BCUT2D eigenvalue weighted by Gasteiger charge is -2.18. The van der Waals surface area contributed by atoms with Crippen molar-refractivity contribution in [3.8, 4) is 11.5 Å². The molecule has 1 aromatic rings. The van der Waals surface area contributed by atoms with E-state index in [1.165, 1.54) is 11.1 Å². The molecule has 0 radical (unpaired) electrons. The Balaban J connectivity index is 0.00000180. The molecule has 0 aliphatic carbocycles. The van der Waals surface area contributed by atoms with Crippen molar-refractivity contribution in [2.75, 3.05) is 27.3 Å². The van der Waals surface area contributed by atoms with Gasteiger partial charge in [0.25, 0.3) is 0 Å². The van der Waals surface area contributed by atoms with Crippen molar-refractivity contribution >= 4 is 12.4 Å². The Morgan fingerprint density at radius 1 is 1.26 bits per heavy atom. The number of nitrogens with zero attached hydrogens (tertiary/aromatic N) is 1. The molecule has 2 N–H and O–H groups in total. The van der Waals surface area contributed by atoms with E-state index in [0.717, 1.165) is 37.6 Å². The molecule has 2 rings (SSSR count). The fraction of sp³-hybridized carbons (Fsp3) is 0.571. The first kappa shape index (κ1) is 16.1. The molecule has 0 aromatic heterocycles. The van der Waals surface area contributed by atoms with E-state index in [2.05, 4.69) is 17.9 Å². The molecule has 5 heteroatoms. The Kier molecular flexibility index (Phi) is 5.91. The van der Waals surface area contributed by atoms with E-state index in [4.69, 9.17) is 15.2 Å². The second-order valence-electron chi connectivity index (χ2n) is 4.92. The Hall–Kier alpha value is -0.970. The highest BCUT2D eigenvalue weighted by Gasteiger charge is 2.20. The lowest BCUT2D eigenvalue weighted by molar-refractivity contribution is 0.322. The highest BCUT2D eigenvalue weighted by Crippen LogP contribution is 2.31. The Bertz CT molecular complexity index is 426. The van der Waals surface area contributed by atoms with Crippen molar-refractivity contribution in [3.05, 3.63) is 23.3 Å². The zero-order chi connectivity index (χ0) is 13.1. The molecule has 1 aromatic carbocycles. The average Bonchev–Trinajstić information content (AvgIpc) is 2.77. The first-order valence-corrected chi connectivity index (χ1v) is 6.33. The van der Waals surface area contributed by atoms with E-state index in [-0.39, 0.29) is 12.4 Å². The molecule has 0 unspecified atom stereocenters. The van der Waals surface area contributed by atoms with Crippen LogP contribution in [0.4, 0.5) is 0 Å². The quantitative estimate of drug-likeness (QED) is 0.919. The van der Waals surface area contributed by atoms with Crippen LogP contribution in [0.15, 0.2) is 12.1 Å². The summed E-state index contributed by atoms with van der Waals surface area (Å²) in [4.78, 5) is 2.39. The molecular weight excluding hydrogens is 264 g/mol. The highest BCUT2D eigenvalue weighted by atomic mass is 35.5. The standard InChI is InChI=1S/C14H22N2O2.ClH/c1-10-6-13(17-2)14(18-3)7-11(10)8-16-5-4-12(15)9-16;/h6-7,12H,4-5,8-9,15H2,1-3H3;1H/t12-;/m1./s1. The van der Waals surface area contributed by atoms with Gasteiger partial charge in [-0.15, -0.1) is 12.4 Å². The molecule has 1 aliphatic rings. The van der Waals surface area contributed by atoms with Crippen molar-refractivity contribution in [2.45, 2.75) is 25.9 Å². The third-order valence-corrected chi connectivity index (χ3v) is 3.54. The van der Waals surface area contributed by atoms with Crippen LogP contribution >= 0.6 is 12.4 Å². The summed E-state index contributed by atoms with van der Waals surface area (Å²) in [5.74, 6) is 1.58. The van der Waals surface area contributed by atoms with Crippen LogP contribution in [0, 0.1) is 6.92 Å². The molecule has 108 valence electrons. The maximum atomic E-state index is 5.93. The van der Waals surface area contributed by atoms with E-state index in [1.807, 2.05) is 6.07 Å². The predicted molar refractivity (Wildman–Crippen MR) is 79.4 cm³/mol. The third-order valence-electron chi connectivity index (χ3n) is 3.54. The molecule has 1 saturated heterocycles. The number of halogens is 1. The van der Waals surface area contributed by atoms with Gasteiger partial charge < -0.3 is 15.2 Å². The summed E-state index contributed by atoms with van der Waals surface area (Å²) in [6, 6.07) is 4.42. The van der Waals surface area contributed by atoms with Crippen LogP contribution < -0.4 is 15.2 Å². The van der Waals surface area contributed by atoms with Crippen molar-refractivity contribution in [3.63, 3.8) is 0 Å². The van der Waals surface area contributed by atoms with Gasteiger partial charge in [-0.3, -0.25) is 4.90 Å². The average molecular weight is 287 g/mol. The van der Waals surface area contributed by atoms with Gasteiger partial charge in [-0.05, 0) is 36.6 Å². The SMILES string of the molecule is COc1cc(C)c(CN2CC[C@@H](N)C2)cc1OC.Cl. The Labute approximate surface area is 121 Å². The minimum atomic E-state index is 0. The second-order valence-corrected chi connectivity index (χ2v) is 4.92. The van der Waals surface area contributed by atoms with Crippen molar-refractivity contribution in [1.29, 1.82) is 0 Å². The van der Waals surface area contributed by atoms with Crippen LogP contribution in [0.1, 0.15) is 17.5 Å². The smallest absolute Gasteiger partial charge is 0.161 e. The maximum Gasteiger partial charge on any atom is 0.161 e. The van der Waals surface area contributed by atoms with Gasteiger partial charge in [-0.2, -0.15) is 0 Å². The number of nitrogens with two attached hydrogens (primary N) is 1. The monoisotopic (exact) mass is 286 g/mol. The number of ether oxygens (including phenoxy) is 2. The van der Waals surface area contributed by atoms with Crippen molar-refractivity contribution in [2.24, 2.45) is 5.73 Å². The van der Waals surface area contributed by atoms with E-state index in [0.29, 0.717) is 6.04 Å². The molecule has 1 fully saturated rings. The van der Waals surface area contributed by atoms with Gasteiger partial charge in [0.15, 0.2) is 11.5 Å². The van der Waals surface area contributed by atoms with Crippen molar-refractivity contribution < 1.29 is 9.47 Å². The van der Waals surface area contributed by atoms with Crippen LogP contribution in [-0.4, -0.2) is 38.3 Å². The topological polar surface area (TPSA) is 47.7 Å². The minimum absolute atomic E-state index is 0. The Morgan fingerprint density at radius 2 is 1.89 bits per heavy atom. The molecule has 19 heavy (non-hydrogen) atoms. The normalized spacial score (nSPS) is 19.1. The highest BCUT2D eigenvalue weighted by molar-refractivity contribution is 5.85. The zero-order valence-electron chi connectivity index (χ0n) is 11.8. The summed E-state index contributed by atoms with van der Waals surface area (Å²) in [5.41, 5.74) is 8.44. The van der Waals surface area contributed by atoms with E-state index < -0.39 is 0 Å². The van der Waals surface area contributed by atoms with Gasteiger partial charge in [0, 0.05) is 25.7 Å². The van der Waals surface area contributed by atoms with Crippen LogP contribution in [0.5, 0.6) is 11.5 Å². The molecule has 1 atom stereocenters. The molecule has 1 aliphatic heterocycles. The van der Waals surface area contributed by atoms with Crippen LogP contribution in [0.25, 0.3) is 0 Å². The number of methoxy groups -OCH3 is 2. The molecular formula is C14H23ClN2O2. The molecule has 0 saturated carbocycles. The number of aryl methyl sites for hydroxylation is 1. The van der Waals surface area contributed by atoms with E-state index in [9.17, 15) is 0 Å². The molecule has 0 spiro atoms. The summed E-state index contributed by atoms with van der Waals surface area (Å²) in [7, 11) is 3.33. The van der Waals surface area contributed by atoms with Gasteiger partial charge in [-0.25, -0.2) is 0 Å². The minimum Gasteiger partial charge on any atom is -0.493 e. The van der Waals surface area contributed by atoms with Crippen LogP contribution in [-0.2, 0) is 6.54 Å². The van der Waals surface area contributed by atoms with Gasteiger partial charge in [0.1, 0.15) is 0 Å². The lowest BCUT2D eigenvalue weighted by atomic mass is 10.1. The first-order chi connectivity index (χ1) is 8.63. The number of hydrogen-bond donors (Lipinski definition) is 1. The number of rotatable bonds is 4. The summed E-state index contributed by atoms with van der Waals surface area (Å²) >= 11 is 0. The maximum absolute atomic E-state index is 5.93. The molecule has 0 bridgehead atoms. The molecule has 4 nitrogen and oxygen atoms in total. The number of benzene rings is 1. The van der Waals surface area contributed by atoms with E-state index in [1.54, 1.807) is 14.2 Å². The number of likely N-dealkylation sites (tertiary alicyclic amines) is 1. The summed E-state index contributed by atoms with van der Waals surface area (Å²) in [6.07, 6.45) is 1.09. The summed E-state index contributed by atoms with van der Waals surface area (Å²) < 4.78 is 10.6. The Morgan fingerprint density at radius 3 is 2.42 bits per heavy atom. The molecule has 1 heterocycles. The van der Waals surface area contributed by atoms with Gasteiger partial charge in [0.05, 0.1) is 14.2 Å². The second kappa shape index (κ2) is 6.98. The molecule has 0 amide bonds. The van der Waals surface area contributed by atoms with Gasteiger partial charge in [0.2, 0.25) is 0 Å². The van der Waals surface area contributed by atoms with Crippen molar-refractivity contribution in [1.82, 2.24) is 4.90 Å².